The molecule has 1 fully saturated rings. The van der Waals surface area contributed by atoms with Gasteiger partial charge in [0, 0.05) is 49.1 Å². The summed E-state index contributed by atoms with van der Waals surface area (Å²) in [5, 5.41) is 3.46. The molecular formula is C20H22FN5. The zero-order valence-electron chi connectivity index (χ0n) is 14.6. The number of benzene rings is 1. The standard InChI is InChI=1S/C20H22FN5/c21-16-5-1-6-17(13-16)24-18-7-2-11-25(14-18)15-19-8-3-12-26(19)20-22-9-4-10-23-20/h1,3-6,8-10,12-13,18,24H,2,7,11,14-15H2/t18-/m0/s1. The quantitative estimate of drug-likeness (QED) is 0.764. The smallest absolute Gasteiger partial charge is 0.233 e. The van der Waals surface area contributed by atoms with Crippen LogP contribution in [0.25, 0.3) is 5.95 Å². The van der Waals surface area contributed by atoms with Crippen molar-refractivity contribution < 1.29 is 4.39 Å². The number of hydrogen-bond acceptors (Lipinski definition) is 4. The summed E-state index contributed by atoms with van der Waals surface area (Å²) in [6.45, 7) is 2.83. The lowest BCUT2D eigenvalue weighted by atomic mass is 10.0. The molecule has 1 saturated heterocycles. The van der Waals surface area contributed by atoms with Crippen molar-refractivity contribution in [3.8, 4) is 5.95 Å². The molecule has 2 aromatic heterocycles. The summed E-state index contributed by atoms with van der Waals surface area (Å²) in [6.07, 6.45) is 7.72. The molecule has 0 radical (unpaired) electrons. The summed E-state index contributed by atoms with van der Waals surface area (Å²) >= 11 is 0. The van der Waals surface area contributed by atoms with Crippen molar-refractivity contribution >= 4 is 5.69 Å². The Balaban J connectivity index is 1.42. The highest BCUT2D eigenvalue weighted by molar-refractivity contribution is 5.44. The van der Waals surface area contributed by atoms with E-state index in [1.54, 1.807) is 24.5 Å². The molecule has 0 saturated carbocycles. The Hall–Kier alpha value is -2.73. The van der Waals surface area contributed by atoms with Gasteiger partial charge in [-0.05, 0) is 55.8 Å². The number of nitrogens with zero attached hydrogens (tertiary/aromatic N) is 4. The van der Waals surface area contributed by atoms with Crippen LogP contribution in [0.3, 0.4) is 0 Å². The summed E-state index contributed by atoms with van der Waals surface area (Å²) in [4.78, 5) is 11.1. The first-order chi connectivity index (χ1) is 12.8. The van der Waals surface area contributed by atoms with E-state index >= 15 is 0 Å². The molecule has 0 spiro atoms. The van der Waals surface area contributed by atoms with E-state index in [-0.39, 0.29) is 5.82 Å². The van der Waals surface area contributed by atoms with E-state index in [2.05, 4.69) is 26.3 Å². The number of anilines is 1. The minimum absolute atomic E-state index is 0.205. The Labute approximate surface area is 152 Å². The fourth-order valence-corrected chi connectivity index (χ4v) is 3.52. The number of halogens is 1. The summed E-state index contributed by atoms with van der Waals surface area (Å²) in [7, 11) is 0. The maximum atomic E-state index is 13.4. The Kier molecular flexibility index (Phi) is 4.93. The van der Waals surface area contributed by atoms with Crippen LogP contribution in [-0.2, 0) is 6.54 Å². The zero-order chi connectivity index (χ0) is 17.8. The van der Waals surface area contributed by atoms with Crippen LogP contribution in [-0.4, -0.2) is 38.6 Å². The van der Waals surface area contributed by atoms with E-state index in [4.69, 9.17) is 0 Å². The lowest BCUT2D eigenvalue weighted by molar-refractivity contribution is 0.205. The molecule has 0 amide bonds. The van der Waals surface area contributed by atoms with Gasteiger partial charge in [-0.3, -0.25) is 9.47 Å². The molecule has 3 heterocycles. The van der Waals surface area contributed by atoms with Gasteiger partial charge in [-0.2, -0.15) is 0 Å². The summed E-state index contributed by atoms with van der Waals surface area (Å²) in [6, 6.07) is 13.0. The second-order valence-corrected chi connectivity index (χ2v) is 6.65. The van der Waals surface area contributed by atoms with E-state index in [0.717, 1.165) is 38.2 Å². The Morgan fingerprint density at radius 1 is 1.12 bits per heavy atom. The molecule has 5 nitrogen and oxygen atoms in total. The number of piperidine rings is 1. The Bertz CT molecular complexity index is 848. The molecular weight excluding hydrogens is 329 g/mol. The molecule has 6 heteroatoms. The van der Waals surface area contributed by atoms with Crippen LogP contribution in [0.15, 0.2) is 61.1 Å². The van der Waals surface area contributed by atoms with Gasteiger partial charge in [-0.15, -0.1) is 0 Å². The van der Waals surface area contributed by atoms with Gasteiger partial charge in [0.05, 0.1) is 0 Å². The molecule has 134 valence electrons. The monoisotopic (exact) mass is 351 g/mol. The Morgan fingerprint density at radius 3 is 2.85 bits per heavy atom. The third-order valence-electron chi connectivity index (χ3n) is 4.69. The predicted molar refractivity (Wildman–Crippen MR) is 99.7 cm³/mol. The van der Waals surface area contributed by atoms with Gasteiger partial charge in [0.25, 0.3) is 0 Å². The van der Waals surface area contributed by atoms with Crippen molar-refractivity contribution in [2.24, 2.45) is 0 Å². The fourth-order valence-electron chi connectivity index (χ4n) is 3.52. The Morgan fingerprint density at radius 2 is 2.00 bits per heavy atom. The van der Waals surface area contributed by atoms with Crippen molar-refractivity contribution in [1.82, 2.24) is 19.4 Å². The first-order valence-corrected chi connectivity index (χ1v) is 8.96. The second kappa shape index (κ2) is 7.66. The number of nitrogens with one attached hydrogen (secondary N) is 1. The van der Waals surface area contributed by atoms with Crippen LogP contribution < -0.4 is 5.32 Å². The van der Waals surface area contributed by atoms with Crippen molar-refractivity contribution in [3.05, 3.63) is 72.6 Å². The van der Waals surface area contributed by atoms with Gasteiger partial charge in [0.2, 0.25) is 5.95 Å². The van der Waals surface area contributed by atoms with Crippen LogP contribution in [0.5, 0.6) is 0 Å². The van der Waals surface area contributed by atoms with Gasteiger partial charge in [-0.1, -0.05) is 6.07 Å². The zero-order valence-corrected chi connectivity index (χ0v) is 14.6. The highest BCUT2D eigenvalue weighted by Gasteiger charge is 2.21. The van der Waals surface area contributed by atoms with Crippen LogP contribution in [0.1, 0.15) is 18.5 Å². The van der Waals surface area contributed by atoms with Crippen molar-refractivity contribution in [2.75, 3.05) is 18.4 Å². The van der Waals surface area contributed by atoms with Crippen LogP contribution >= 0.6 is 0 Å². The molecule has 1 atom stereocenters. The van der Waals surface area contributed by atoms with Gasteiger partial charge < -0.3 is 5.32 Å². The fraction of sp³-hybridized carbons (Fsp3) is 0.300. The summed E-state index contributed by atoms with van der Waals surface area (Å²) in [5.74, 6) is 0.488. The molecule has 26 heavy (non-hydrogen) atoms. The van der Waals surface area contributed by atoms with E-state index in [0.29, 0.717) is 12.0 Å². The van der Waals surface area contributed by atoms with Crippen molar-refractivity contribution in [3.63, 3.8) is 0 Å². The topological polar surface area (TPSA) is 46.0 Å². The molecule has 0 unspecified atom stereocenters. The molecule has 1 aromatic carbocycles. The molecule has 1 N–H and O–H groups in total. The van der Waals surface area contributed by atoms with Crippen molar-refractivity contribution in [1.29, 1.82) is 0 Å². The number of likely N-dealkylation sites (tertiary alicyclic amines) is 1. The van der Waals surface area contributed by atoms with E-state index in [9.17, 15) is 4.39 Å². The molecule has 0 bridgehead atoms. The SMILES string of the molecule is Fc1cccc(N[C@H]2CCCN(Cc3cccn3-c3ncccn3)C2)c1. The van der Waals surface area contributed by atoms with Gasteiger partial charge >= 0.3 is 0 Å². The van der Waals surface area contributed by atoms with Gasteiger partial charge in [0.1, 0.15) is 5.82 Å². The normalized spacial score (nSPS) is 18.0. The molecule has 1 aliphatic heterocycles. The second-order valence-electron chi connectivity index (χ2n) is 6.65. The predicted octanol–water partition coefficient (Wildman–Crippen LogP) is 3.48. The molecule has 3 aromatic rings. The molecule has 4 rings (SSSR count). The third kappa shape index (κ3) is 3.91. The molecule has 1 aliphatic rings. The summed E-state index contributed by atoms with van der Waals surface area (Å²) in [5.41, 5.74) is 2.01. The first-order valence-electron chi connectivity index (χ1n) is 8.96. The van der Waals surface area contributed by atoms with Gasteiger partial charge in [-0.25, -0.2) is 14.4 Å². The largest absolute Gasteiger partial charge is 0.381 e. The maximum Gasteiger partial charge on any atom is 0.233 e. The van der Waals surface area contributed by atoms with Crippen LogP contribution in [0.4, 0.5) is 10.1 Å². The highest BCUT2D eigenvalue weighted by atomic mass is 19.1. The summed E-state index contributed by atoms with van der Waals surface area (Å²) < 4.78 is 15.4. The van der Waals surface area contributed by atoms with E-state index < -0.39 is 0 Å². The maximum absolute atomic E-state index is 13.4. The van der Waals surface area contributed by atoms with Crippen LogP contribution in [0, 0.1) is 5.82 Å². The van der Waals surface area contributed by atoms with Crippen LogP contribution in [0.2, 0.25) is 0 Å². The van der Waals surface area contributed by atoms with E-state index in [1.807, 2.05) is 29.0 Å². The molecule has 0 aliphatic carbocycles. The minimum atomic E-state index is -0.205. The highest BCUT2D eigenvalue weighted by Crippen LogP contribution is 2.19. The lowest BCUT2D eigenvalue weighted by Gasteiger charge is -2.33. The number of hydrogen-bond donors (Lipinski definition) is 1. The minimum Gasteiger partial charge on any atom is -0.381 e. The average molecular weight is 351 g/mol. The van der Waals surface area contributed by atoms with Gasteiger partial charge in [0.15, 0.2) is 0 Å². The lowest BCUT2D eigenvalue weighted by Crippen LogP contribution is -2.41. The first kappa shape index (κ1) is 16.7. The average Bonchev–Trinajstić information content (AvgIpc) is 3.11. The van der Waals surface area contributed by atoms with E-state index in [1.165, 1.54) is 11.8 Å². The number of aromatic nitrogens is 3. The third-order valence-corrected chi connectivity index (χ3v) is 4.69. The van der Waals surface area contributed by atoms with Crippen molar-refractivity contribution in [2.45, 2.75) is 25.4 Å². The number of rotatable bonds is 5.